The van der Waals surface area contributed by atoms with Crippen molar-refractivity contribution in [2.75, 3.05) is 0 Å². The molecule has 2 N–H and O–H groups in total. The van der Waals surface area contributed by atoms with Crippen molar-refractivity contribution in [1.82, 2.24) is 10.6 Å². The van der Waals surface area contributed by atoms with Crippen molar-refractivity contribution in [3.8, 4) is 22.3 Å². The predicted octanol–water partition coefficient (Wildman–Crippen LogP) is 7.36. The Hall–Kier alpha value is -4.47. The van der Waals surface area contributed by atoms with Crippen molar-refractivity contribution >= 4 is 5.84 Å². The highest BCUT2D eigenvalue weighted by molar-refractivity contribution is 6.00. The molecule has 0 bridgehead atoms. The Balaban J connectivity index is 1.37. The molecular weight excluding hydrogens is 438 g/mol. The predicted molar refractivity (Wildman–Crippen MR) is 148 cm³/mol. The lowest BCUT2D eigenvalue weighted by Crippen LogP contribution is -2.44. The van der Waals surface area contributed by atoms with Crippen LogP contribution in [0.25, 0.3) is 22.3 Å². The van der Waals surface area contributed by atoms with Crippen LogP contribution in [-0.4, -0.2) is 5.84 Å². The molecule has 0 saturated carbocycles. The second kappa shape index (κ2) is 10.0. The standard InChI is InChI=1S/C33H27N3/c1-4-11-24(12-5-1)26-19-21-28(22-20-26)32-34-31(27-15-8-3-9-16-27)35-33(36-32)30-18-10-17-29(23-30)25-13-6-2-7-14-25/h1-23,31,33,35H,(H,34,36). The summed E-state index contributed by atoms with van der Waals surface area (Å²) >= 11 is 0. The van der Waals surface area contributed by atoms with E-state index in [1.165, 1.54) is 27.8 Å². The monoisotopic (exact) mass is 465 g/mol. The molecule has 6 rings (SSSR count). The van der Waals surface area contributed by atoms with E-state index >= 15 is 0 Å². The largest absolute Gasteiger partial charge is 0.350 e. The molecule has 5 aromatic carbocycles. The van der Waals surface area contributed by atoms with Crippen LogP contribution in [0.15, 0.2) is 145 Å². The fourth-order valence-corrected chi connectivity index (χ4v) is 4.66. The highest BCUT2D eigenvalue weighted by atomic mass is 15.3. The van der Waals surface area contributed by atoms with Gasteiger partial charge in [-0.1, -0.05) is 133 Å². The molecule has 0 aromatic heterocycles. The Morgan fingerprint density at radius 1 is 0.444 bits per heavy atom. The fraction of sp³-hybridized carbons (Fsp3) is 0.0606. The van der Waals surface area contributed by atoms with E-state index < -0.39 is 0 Å². The van der Waals surface area contributed by atoms with Crippen LogP contribution < -0.4 is 10.6 Å². The lowest BCUT2D eigenvalue weighted by molar-refractivity contribution is 0.409. The zero-order valence-electron chi connectivity index (χ0n) is 19.9. The van der Waals surface area contributed by atoms with Crippen LogP contribution in [0.4, 0.5) is 0 Å². The zero-order chi connectivity index (χ0) is 24.2. The summed E-state index contributed by atoms with van der Waals surface area (Å²) in [6.45, 7) is 0. The highest BCUT2D eigenvalue weighted by Gasteiger charge is 2.25. The third-order valence-electron chi connectivity index (χ3n) is 6.57. The van der Waals surface area contributed by atoms with Crippen LogP contribution in [0.3, 0.4) is 0 Å². The van der Waals surface area contributed by atoms with Gasteiger partial charge in [-0.15, -0.1) is 0 Å². The van der Waals surface area contributed by atoms with E-state index in [1.54, 1.807) is 0 Å². The number of hydrogen-bond donors (Lipinski definition) is 2. The maximum absolute atomic E-state index is 5.13. The molecule has 1 heterocycles. The molecule has 0 radical (unpaired) electrons. The van der Waals surface area contributed by atoms with E-state index in [4.69, 9.17) is 4.99 Å². The van der Waals surface area contributed by atoms with Gasteiger partial charge in [-0.2, -0.15) is 0 Å². The van der Waals surface area contributed by atoms with Crippen molar-refractivity contribution in [3.05, 3.63) is 156 Å². The minimum absolute atomic E-state index is 0.0575. The van der Waals surface area contributed by atoms with E-state index in [-0.39, 0.29) is 12.3 Å². The molecule has 2 atom stereocenters. The Labute approximate surface area is 212 Å². The molecule has 0 amide bonds. The molecule has 0 saturated heterocycles. The lowest BCUT2D eigenvalue weighted by Gasteiger charge is -2.32. The smallest absolute Gasteiger partial charge is 0.131 e. The first-order chi connectivity index (χ1) is 17.8. The van der Waals surface area contributed by atoms with Gasteiger partial charge >= 0.3 is 0 Å². The third kappa shape index (κ3) is 4.70. The maximum atomic E-state index is 5.13. The number of benzene rings is 5. The van der Waals surface area contributed by atoms with Crippen LogP contribution >= 0.6 is 0 Å². The normalized spacial score (nSPS) is 17.2. The minimum atomic E-state index is -0.177. The summed E-state index contributed by atoms with van der Waals surface area (Å²) in [5, 5.41) is 7.33. The van der Waals surface area contributed by atoms with E-state index in [1.807, 2.05) is 18.2 Å². The molecule has 174 valence electrons. The number of amidine groups is 1. The Bertz CT molecular complexity index is 1460. The average molecular weight is 466 g/mol. The molecule has 3 nitrogen and oxygen atoms in total. The molecule has 1 aliphatic rings. The molecule has 5 aromatic rings. The van der Waals surface area contributed by atoms with E-state index in [0.717, 1.165) is 17.0 Å². The van der Waals surface area contributed by atoms with Gasteiger partial charge in [0, 0.05) is 5.56 Å². The van der Waals surface area contributed by atoms with Crippen LogP contribution in [0.5, 0.6) is 0 Å². The average Bonchev–Trinajstić information content (AvgIpc) is 2.98. The summed E-state index contributed by atoms with van der Waals surface area (Å²) in [5.74, 6) is 0.886. The molecular formula is C33H27N3. The number of nitrogens with zero attached hydrogens (tertiary/aromatic N) is 1. The molecule has 3 heteroatoms. The van der Waals surface area contributed by atoms with E-state index in [9.17, 15) is 0 Å². The van der Waals surface area contributed by atoms with Gasteiger partial charge in [-0.3, -0.25) is 5.32 Å². The summed E-state index contributed by atoms with van der Waals surface area (Å²) in [6.07, 6.45) is -0.234. The lowest BCUT2D eigenvalue weighted by atomic mass is 10.0. The van der Waals surface area contributed by atoms with Crippen LogP contribution in [0.1, 0.15) is 29.0 Å². The quantitative estimate of drug-likeness (QED) is 0.284. The summed E-state index contributed by atoms with van der Waals surface area (Å²) in [4.78, 5) is 5.13. The molecule has 2 unspecified atom stereocenters. The van der Waals surface area contributed by atoms with Crippen molar-refractivity contribution in [2.24, 2.45) is 4.99 Å². The summed E-state index contributed by atoms with van der Waals surface area (Å²) in [6, 6.07) is 48.7. The van der Waals surface area contributed by atoms with Gasteiger partial charge in [0.1, 0.15) is 18.2 Å². The van der Waals surface area contributed by atoms with Gasteiger partial charge < -0.3 is 5.32 Å². The first-order valence-corrected chi connectivity index (χ1v) is 12.3. The van der Waals surface area contributed by atoms with Gasteiger partial charge in [0.25, 0.3) is 0 Å². The van der Waals surface area contributed by atoms with Gasteiger partial charge in [-0.25, -0.2) is 4.99 Å². The number of hydrogen-bond acceptors (Lipinski definition) is 3. The first-order valence-electron chi connectivity index (χ1n) is 12.3. The second-order valence-electron chi connectivity index (χ2n) is 8.97. The number of aliphatic imine (C=N–C) groups is 1. The van der Waals surface area contributed by atoms with Crippen molar-refractivity contribution in [2.45, 2.75) is 12.3 Å². The topological polar surface area (TPSA) is 36.4 Å². The van der Waals surface area contributed by atoms with Gasteiger partial charge in [0.15, 0.2) is 0 Å². The summed E-state index contributed by atoms with van der Waals surface area (Å²) in [5.41, 5.74) is 8.18. The van der Waals surface area contributed by atoms with Gasteiger partial charge in [-0.05, 0) is 39.4 Å². The third-order valence-corrected chi connectivity index (χ3v) is 6.57. The number of rotatable bonds is 5. The van der Waals surface area contributed by atoms with Crippen LogP contribution in [0, 0.1) is 0 Å². The summed E-state index contributed by atoms with van der Waals surface area (Å²) < 4.78 is 0. The van der Waals surface area contributed by atoms with Crippen molar-refractivity contribution < 1.29 is 0 Å². The maximum Gasteiger partial charge on any atom is 0.131 e. The van der Waals surface area contributed by atoms with E-state index in [2.05, 4.69) is 132 Å². The molecule has 0 fully saturated rings. The van der Waals surface area contributed by atoms with Crippen LogP contribution in [-0.2, 0) is 0 Å². The van der Waals surface area contributed by atoms with Gasteiger partial charge in [0.2, 0.25) is 0 Å². The first kappa shape index (κ1) is 22.0. The number of nitrogens with one attached hydrogen (secondary N) is 2. The Kier molecular flexibility index (Phi) is 6.13. The molecule has 1 aliphatic heterocycles. The van der Waals surface area contributed by atoms with E-state index in [0.29, 0.717) is 0 Å². The van der Waals surface area contributed by atoms with Gasteiger partial charge in [0.05, 0.1) is 0 Å². The molecule has 0 spiro atoms. The molecule has 0 aliphatic carbocycles. The summed E-state index contributed by atoms with van der Waals surface area (Å²) in [7, 11) is 0. The SMILES string of the molecule is c1ccc(-c2ccc(C3=NC(c4cccc(-c5ccccc5)c4)NC(c4ccccc4)N3)cc2)cc1. The minimum Gasteiger partial charge on any atom is -0.350 e. The van der Waals surface area contributed by atoms with Crippen LogP contribution in [0.2, 0.25) is 0 Å². The second-order valence-corrected chi connectivity index (χ2v) is 8.97. The highest BCUT2D eigenvalue weighted by Crippen LogP contribution is 2.29. The van der Waals surface area contributed by atoms with Crippen molar-refractivity contribution in [3.63, 3.8) is 0 Å². The Morgan fingerprint density at radius 3 is 1.61 bits per heavy atom. The molecule has 36 heavy (non-hydrogen) atoms. The Morgan fingerprint density at radius 2 is 0.944 bits per heavy atom. The van der Waals surface area contributed by atoms with Crippen molar-refractivity contribution in [1.29, 1.82) is 0 Å². The fourth-order valence-electron chi connectivity index (χ4n) is 4.66. The zero-order valence-corrected chi connectivity index (χ0v) is 19.9.